The zero-order chi connectivity index (χ0) is 30.2. The molecule has 0 saturated heterocycles. The van der Waals surface area contributed by atoms with E-state index in [0.29, 0.717) is 23.2 Å². The molecule has 0 radical (unpaired) electrons. The van der Waals surface area contributed by atoms with E-state index in [0.717, 1.165) is 45.9 Å². The molecule has 0 spiro atoms. The average Bonchev–Trinajstić information content (AvgIpc) is 3.64. The van der Waals surface area contributed by atoms with Gasteiger partial charge in [0.1, 0.15) is 11.6 Å². The third kappa shape index (κ3) is 5.95. The number of ether oxygens (including phenoxy) is 1. The predicted molar refractivity (Wildman–Crippen MR) is 173 cm³/mol. The summed E-state index contributed by atoms with van der Waals surface area (Å²) in [6.45, 7) is 6.69. The molecule has 0 aliphatic heterocycles. The third-order valence-electron chi connectivity index (χ3n) is 8.21. The first kappa shape index (κ1) is 30.5. The normalized spacial score (nSPS) is 11.9. The van der Waals surface area contributed by atoms with Crippen molar-refractivity contribution < 1.29 is 30.2 Å². The molecule has 0 N–H and O–H groups in total. The Labute approximate surface area is 276 Å². The van der Waals surface area contributed by atoms with Crippen molar-refractivity contribution in [3.05, 3.63) is 133 Å². The first-order chi connectivity index (χ1) is 21.5. The molecular formula is C38H31FN4OPt. The van der Waals surface area contributed by atoms with E-state index >= 15 is 0 Å². The van der Waals surface area contributed by atoms with Gasteiger partial charge >= 0.3 is 21.1 Å². The monoisotopic (exact) mass is 773 g/mol. The number of fused-ring (bicyclic) bond motifs is 3. The van der Waals surface area contributed by atoms with Crippen LogP contribution in [-0.2, 0) is 27.5 Å². The summed E-state index contributed by atoms with van der Waals surface area (Å²) in [4.78, 5) is 4.44. The van der Waals surface area contributed by atoms with E-state index in [-0.39, 0.29) is 26.9 Å². The van der Waals surface area contributed by atoms with Crippen LogP contribution in [-0.4, -0.2) is 19.3 Å². The maximum Gasteiger partial charge on any atom is 2.00 e. The summed E-state index contributed by atoms with van der Waals surface area (Å²) < 4.78 is 24.2. The van der Waals surface area contributed by atoms with Crippen LogP contribution in [0.3, 0.4) is 0 Å². The van der Waals surface area contributed by atoms with Crippen molar-refractivity contribution >= 4 is 21.8 Å². The molecular weight excluding hydrogens is 743 g/mol. The van der Waals surface area contributed by atoms with Gasteiger partial charge in [0.2, 0.25) is 0 Å². The number of benzene rings is 4. The van der Waals surface area contributed by atoms with Crippen molar-refractivity contribution in [2.24, 2.45) is 5.92 Å². The molecule has 0 aliphatic rings. The smallest absolute Gasteiger partial charge is 0.509 e. The minimum Gasteiger partial charge on any atom is -0.509 e. The third-order valence-corrected chi connectivity index (χ3v) is 8.21. The number of rotatable bonds is 8. The summed E-state index contributed by atoms with van der Waals surface area (Å²) >= 11 is 0. The number of hydrogen-bond donors (Lipinski definition) is 0. The summed E-state index contributed by atoms with van der Waals surface area (Å²) in [6, 6.07) is 33.7. The molecule has 4 aromatic carbocycles. The molecule has 5 nitrogen and oxygen atoms in total. The largest absolute Gasteiger partial charge is 2.00 e. The van der Waals surface area contributed by atoms with Crippen LogP contribution in [0.25, 0.3) is 44.4 Å². The predicted octanol–water partition coefficient (Wildman–Crippen LogP) is 9.46. The van der Waals surface area contributed by atoms with Gasteiger partial charge in [0.25, 0.3) is 0 Å². The van der Waals surface area contributed by atoms with Crippen LogP contribution in [0.5, 0.6) is 11.5 Å². The number of aromatic nitrogens is 4. The molecule has 1 unspecified atom stereocenters. The van der Waals surface area contributed by atoms with Crippen LogP contribution in [0.4, 0.5) is 4.39 Å². The van der Waals surface area contributed by atoms with Crippen molar-refractivity contribution in [1.82, 2.24) is 19.3 Å². The standard InChI is InChI=1S/C38H31FN4O.Pt/c1-4-25(2)19-27-10-7-9-26(3)38(27)28-23-41-42(24-28)30-11-8-12-31(21-30)44-32-15-16-34-33-13-5-6-14-35(33)43(36(34)22-32)37-20-29(39)17-18-40-37;/h5-18,20,23-25H,4,19H2,1-3H3;/q-2;+2. The van der Waals surface area contributed by atoms with Crippen molar-refractivity contribution in [3.63, 3.8) is 0 Å². The van der Waals surface area contributed by atoms with E-state index in [1.807, 2.05) is 70.0 Å². The van der Waals surface area contributed by atoms with E-state index in [1.165, 1.54) is 35.0 Å². The zero-order valence-corrected chi connectivity index (χ0v) is 27.5. The van der Waals surface area contributed by atoms with Gasteiger partial charge in [0.15, 0.2) is 0 Å². The zero-order valence-electron chi connectivity index (χ0n) is 25.2. The van der Waals surface area contributed by atoms with Crippen LogP contribution >= 0.6 is 0 Å². The molecule has 45 heavy (non-hydrogen) atoms. The number of halogens is 1. The summed E-state index contributed by atoms with van der Waals surface area (Å²) in [6.07, 6.45) is 7.62. The summed E-state index contributed by atoms with van der Waals surface area (Å²) in [5, 5.41) is 6.70. The molecule has 0 saturated carbocycles. The molecule has 7 aromatic rings. The second-order valence-corrected chi connectivity index (χ2v) is 11.3. The Kier molecular flexibility index (Phi) is 8.69. The van der Waals surface area contributed by atoms with Crippen molar-refractivity contribution in [2.75, 3.05) is 0 Å². The van der Waals surface area contributed by atoms with E-state index in [4.69, 9.17) is 9.84 Å². The van der Waals surface area contributed by atoms with Crippen LogP contribution in [0.2, 0.25) is 0 Å². The molecule has 226 valence electrons. The van der Waals surface area contributed by atoms with Gasteiger partial charge in [-0.2, -0.15) is 17.2 Å². The maximum atomic E-state index is 14.2. The van der Waals surface area contributed by atoms with Gasteiger partial charge in [-0.05, 0) is 59.2 Å². The second kappa shape index (κ2) is 12.8. The maximum absolute atomic E-state index is 14.2. The fraction of sp³-hybridized carbons (Fsp3) is 0.158. The van der Waals surface area contributed by atoms with Crippen LogP contribution in [0, 0.1) is 30.8 Å². The topological polar surface area (TPSA) is 44.9 Å². The van der Waals surface area contributed by atoms with Gasteiger partial charge in [-0.3, -0.25) is 4.68 Å². The number of hydrogen-bond acceptors (Lipinski definition) is 3. The number of aryl methyl sites for hydroxylation is 1. The molecule has 1 atom stereocenters. The van der Waals surface area contributed by atoms with Gasteiger partial charge in [-0.1, -0.05) is 62.2 Å². The Morgan fingerprint density at radius 1 is 0.911 bits per heavy atom. The molecule has 3 heterocycles. The fourth-order valence-electron chi connectivity index (χ4n) is 5.85. The molecule has 7 rings (SSSR count). The molecule has 7 heteroatoms. The summed E-state index contributed by atoms with van der Waals surface area (Å²) in [5.41, 5.74) is 7.35. The molecule has 0 aliphatic carbocycles. The Bertz CT molecular complexity index is 2130. The summed E-state index contributed by atoms with van der Waals surface area (Å²) in [7, 11) is 0. The van der Waals surface area contributed by atoms with E-state index < -0.39 is 0 Å². The van der Waals surface area contributed by atoms with Gasteiger partial charge in [-0.15, -0.1) is 35.7 Å². The first-order valence-electron chi connectivity index (χ1n) is 14.9. The Morgan fingerprint density at radius 3 is 2.58 bits per heavy atom. The minimum atomic E-state index is -0.351. The number of nitrogens with zero attached hydrogens (tertiary/aromatic N) is 4. The van der Waals surface area contributed by atoms with E-state index in [2.05, 4.69) is 62.3 Å². The van der Waals surface area contributed by atoms with Gasteiger partial charge < -0.3 is 9.30 Å². The molecule has 3 aromatic heterocycles. The van der Waals surface area contributed by atoms with Crippen molar-refractivity contribution in [2.45, 2.75) is 33.6 Å². The molecule has 0 fully saturated rings. The van der Waals surface area contributed by atoms with Crippen LogP contribution in [0.1, 0.15) is 31.4 Å². The Balaban J connectivity index is 0.00000357. The van der Waals surface area contributed by atoms with Gasteiger partial charge in [0, 0.05) is 41.0 Å². The molecule has 0 bridgehead atoms. The van der Waals surface area contributed by atoms with Crippen LogP contribution in [0.15, 0.2) is 104 Å². The van der Waals surface area contributed by atoms with Crippen LogP contribution < -0.4 is 4.74 Å². The van der Waals surface area contributed by atoms with Crippen molar-refractivity contribution in [1.29, 1.82) is 0 Å². The Hall–Kier alpha value is -4.54. The molecule has 0 amide bonds. The second-order valence-electron chi connectivity index (χ2n) is 11.3. The number of pyridine rings is 1. The van der Waals surface area contributed by atoms with Gasteiger partial charge in [0.05, 0.1) is 6.20 Å². The number of para-hydroxylation sites is 1. The first-order valence-corrected chi connectivity index (χ1v) is 14.9. The van der Waals surface area contributed by atoms with Gasteiger partial charge in [-0.25, -0.2) is 9.37 Å². The Morgan fingerprint density at radius 2 is 1.73 bits per heavy atom. The summed E-state index contributed by atoms with van der Waals surface area (Å²) in [5.74, 6) is 1.79. The van der Waals surface area contributed by atoms with E-state index in [9.17, 15) is 4.39 Å². The van der Waals surface area contributed by atoms with Crippen molar-refractivity contribution in [3.8, 4) is 34.1 Å². The average molecular weight is 774 g/mol. The minimum absolute atomic E-state index is 0. The van der Waals surface area contributed by atoms with E-state index in [1.54, 1.807) is 0 Å². The quantitative estimate of drug-likeness (QED) is 0.145. The SMILES string of the molecule is CCC(C)Cc1cccc(C)c1-c1cnn(-c2[c-]c(Oc3[c-]c4c(cc3)c3ccccc3n4-c3cc(F)ccn3)ccc2)c1.[Pt+2]. The fourth-order valence-corrected chi connectivity index (χ4v) is 5.85.